The number of urea groups is 1. The van der Waals surface area contributed by atoms with E-state index in [1.165, 1.54) is 12.2 Å². The molecule has 28 nitrogen and oxygen atoms in total. The molecule has 4 heterocycles. The summed E-state index contributed by atoms with van der Waals surface area (Å²) in [7, 11) is 0. The normalized spacial score (nSPS) is 15.2. The number of nitrogens with two attached hydrogens (primary N) is 2. The number of carbonyl (C=O) groups excluding carboxylic acids is 9. The van der Waals surface area contributed by atoms with Crippen LogP contribution in [0.1, 0.15) is 93.7 Å². The second kappa shape index (κ2) is 37.4. The van der Waals surface area contributed by atoms with Gasteiger partial charge in [-0.05, 0) is 85.1 Å². The van der Waals surface area contributed by atoms with Crippen LogP contribution in [-0.4, -0.2) is 210 Å². The maximum Gasteiger partial charge on any atom is 0.312 e. The molecular weight excluding hydrogens is 1220 g/mol. The average molecular weight is 1310 g/mol. The molecule has 0 unspecified atom stereocenters. The van der Waals surface area contributed by atoms with E-state index in [0.29, 0.717) is 126 Å². The van der Waals surface area contributed by atoms with E-state index >= 15 is 0 Å². The molecule has 4 aliphatic rings. The summed E-state index contributed by atoms with van der Waals surface area (Å²) >= 11 is 0. The number of aliphatic hydroxyl groups is 1. The van der Waals surface area contributed by atoms with Gasteiger partial charge >= 0.3 is 6.03 Å². The lowest BCUT2D eigenvalue weighted by Gasteiger charge is -2.29. The quantitative estimate of drug-likeness (QED) is 0.0297. The largest absolute Gasteiger partial charge is 0.395 e. The Morgan fingerprint density at radius 1 is 0.766 bits per heavy atom. The molecule has 28 heteroatoms. The SMILES string of the molecule is CCCN(CCO)C(=O)C1=Cc2ccc(C3(C(=O)Nc4cnc5c(c4)CN(C(=O)CCOCCOCCOCCOCCOCCOCCNC(=O)[C@H](CCCNC(N)=O)NC(=O)[C@@H](NC(=O)Cc4ccc(N6C(=O)C=CC6=O)cc4)C(C)C)CC5)CC3)cc2N=C(N)C1. The summed E-state index contributed by atoms with van der Waals surface area (Å²) in [6.07, 6.45) is 9.20. The van der Waals surface area contributed by atoms with Crippen molar-refractivity contribution in [2.75, 3.05) is 129 Å². The molecular formula is C66H90N12O16. The van der Waals surface area contributed by atoms with Crippen LogP contribution in [0.15, 0.2) is 77.4 Å². The molecule has 2 atom stereocenters. The standard InChI is InChI=1S/C66H90N12O16/c1-4-21-76(23-24-79)63(86)47-38-46-9-10-49(41-54(46)73-55(67)40-47)66(17-18-66)64(87)72-50-39-48-43-77(22-15-52(48)71-42-50)57(81)16-25-89-27-29-91-31-33-93-35-36-94-34-32-92-30-28-90-26-20-69-61(84)53(6-5-19-70-65(68)88)74-62(85)60(44(2)3)75-56(80)37-45-7-11-51(12-8-45)78-58(82)13-14-59(78)83/h7-14,38-39,41-42,44,53,60,79H,4-6,15-37,40,43H2,1-3H3,(H2,67,73)(H,69,84)(H,72,87)(H,74,85)(H,75,80)(H3,68,70,88)/t53-,60-/m0/s1. The summed E-state index contributed by atoms with van der Waals surface area (Å²) in [5.74, 6) is -2.90. The molecule has 0 spiro atoms. The molecule has 0 saturated heterocycles. The average Bonchev–Trinajstić information content (AvgIpc) is 1.59. The third kappa shape index (κ3) is 22.3. The van der Waals surface area contributed by atoms with E-state index in [1.54, 1.807) is 60.2 Å². The van der Waals surface area contributed by atoms with Crippen molar-refractivity contribution in [3.05, 3.63) is 100 Å². The number of ether oxygens (including phenoxy) is 6. The number of amides is 10. The Hall–Kier alpha value is -8.51. The molecule has 1 saturated carbocycles. The number of benzene rings is 2. The van der Waals surface area contributed by atoms with E-state index in [4.69, 9.17) is 39.9 Å². The number of imide groups is 1. The first-order chi connectivity index (χ1) is 45.4. The number of carbonyl (C=O) groups is 9. The molecule has 3 aliphatic heterocycles. The minimum absolute atomic E-state index is 0.0461. The van der Waals surface area contributed by atoms with E-state index in [1.807, 2.05) is 31.2 Å². The van der Waals surface area contributed by atoms with Crippen LogP contribution < -0.4 is 43.0 Å². The molecule has 510 valence electrons. The number of rotatable bonds is 41. The first-order valence-electron chi connectivity index (χ1n) is 32.1. The van der Waals surface area contributed by atoms with Crippen molar-refractivity contribution in [2.24, 2.45) is 22.4 Å². The number of aromatic nitrogens is 1. The fourth-order valence-corrected chi connectivity index (χ4v) is 10.8. The summed E-state index contributed by atoms with van der Waals surface area (Å²) in [5, 5.41) is 23.3. The fraction of sp³-hybridized carbons (Fsp3) is 0.530. The summed E-state index contributed by atoms with van der Waals surface area (Å²) in [6, 6.07) is 11.2. The summed E-state index contributed by atoms with van der Waals surface area (Å²) in [6.45, 7) is 11.0. The number of primary amides is 1. The molecule has 3 aromatic rings. The number of amidine groups is 1. The molecule has 1 aliphatic carbocycles. The number of anilines is 2. The van der Waals surface area contributed by atoms with Crippen LogP contribution in [0.5, 0.6) is 0 Å². The first kappa shape index (κ1) is 72.9. The number of fused-ring (bicyclic) bond motifs is 2. The first-order valence-corrected chi connectivity index (χ1v) is 32.1. The molecule has 0 bridgehead atoms. The van der Waals surface area contributed by atoms with E-state index in [2.05, 4.69) is 36.6 Å². The van der Waals surface area contributed by atoms with Crippen LogP contribution in [0, 0.1) is 5.92 Å². The van der Waals surface area contributed by atoms with Crippen molar-refractivity contribution >= 4 is 82.3 Å². The maximum absolute atomic E-state index is 13.9. The summed E-state index contributed by atoms with van der Waals surface area (Å²) in [5.41, 5.74) is 16.6. The van der Waals surface area contributed by atoms with Gasteiger partial charge in [0.2, 0.25) is 35.4 Å². The van der Waals surface area contributed by atoms with Crippen molar-refractivity contribution < 1.29 is 76.7 Å². The van der Waals surface area contributed by atoms with Crippen molar-refractivity contribution in [3.63, 3.8) is 0 Å². The number of aliphatic imine (C=N–C) groups is 1. The zero-order valence-corrected chi connectivity index (χ0v) is 53.9. The van der Waals surface area contributed by atoms with Gasteiger partial charge in [0.05, 0.1) is 127 Å². The van der Waals surface area contributed by atoms with Gasteiger partial charge in [0.15, 0.2) is 0 Å². The molecule has 94 heavy (non-hydrogen) atoms. The molecule has 2 aromatic carbocycles. The van der Waals surface area contributed by atoms with E-state index in [0.717, 1.165) is 33.7 Å². The topological polar surface area (TPSA) is 376 Å². The Balaban J connectivity index is 0.685. The van der Waals surface area contributed by atoms with Gasteiger partial charge in [-0.1, -0.05) is 45.0 Å². The zero-order valence-electron chi connectivity index (χ0n) is 53.9. The predicted molar refractivity (Wildman–Crippen MR) is 347 cm³/mol. The molecule has 0 radical (unpaired) electrons. The lowest BCUT2D eigenvalue weighted by molar-refractivity contribution is -0.133. The second-order valence-corrected chi connectivity index (χ2v) is 23.4. The van der Waals surface area contributed by atoms with Crippen LogP contribution in [0.25, 0.3) is 6.08 Å². The lowest BCUT2D eigenvalue weighted by atomic mass is 9.92. The van der Waals surface area contributed by atoms with Gasteiger partial charge in [-0.15, -0.1) is 0 Å². The highest BCUT2D eigenvalue weighted by molar-refractivity contribution is 6.28. The van der Waals surface area contributed by atoms with Gasteiger partial charge in [-0.25, -0.2) is 14.7 Å². The van der Waals surface area contributed by atoms with Crippen LogP contribution >= 0.6 is 0 Å². The molecule has 1 fully saturated rings. The molecule has 10 amide bonds. The lowest BCUT2D eigenvalue weighted by Crippen LogP contribution is -2.55. The number of pyridine rings is 1. The Kier molecular flexibility index (Phi) is 29.0. The van der Waals surface area contributed by atoms with Gasteiger partial charge < -0.3 is 81.4 Å². The zero-order chi connectivity index (χ0) is 67.4. The number of nitrogens with zero attached hydrogens (tertiary/aromatic N) is 5. The minimum atomic E-state index is -1.00. The number of hydrogen-bond donors (Lipinski definition) is 8. The molecule has 7 rings (SSSR count). The van der Waals surface area contributed by atoms with Crippen LogP contribution in [-0.2, 0) is 91.6 Å². The van der Waals surface area contributed by atoms with E-state index in [9.17, 15) is 48.3 Å². The second-order valence-electron chi connectivity index (χ2n) is 23.4. The summed E-state index contributed by atoms with van der Waals surface area (Å²) < 4.78 is 33.6. The van der Waals surface area contributed by atoms with Gasteiger partial charge in [0, 0.05) is 81.1 Å². The number of aliphatic hydroxyl groups excluding tert-OH is 1. The van der Waals surface area contributed by atoms with E-state index in [-0.39, 0.29) is 108 Å². The number of nitrogens with one attached hydrogen (secondary N) is 5. The fourth-order valence-electron chi connectivity index (χ4n) is 10.8. The highest BCUT2D eigenvalue weighted by atomic mass is 16.6. The Bertz CT molecular complexity index is 3180. The van der Waals surface area contributed by atoms with E-state index < -0.39 is 53.1 Å². The Labute approximate surface area is 547 Å². The van der Waals surface area contributed by atoms with Crippen molar-refractivity contribution in [1.82, 2.24) is 36.1 Å². The van der Waals surface area contributed by atoms with Gasteiger partial charge in [0.1, 0.15) is 17.9 Å². The minimum Gasteiger partial charge on any atom is -0.395 e. The smallest absolute Gasteiger partial charge is 0.312 e. The van der Waals surface area contributed by atoms with Crippen molar-refractivity contribution in [3.8, 4) is 0 Å². The highest BCUT2D eigenvalue weighted by Crippen LogP contribution is 2.50. The number of hydrogen-bond acceptors (Lipinski definition) is 19. The Morgan fingerprint density at radius 2 is 1.40 bits per heavy atom. The Morgan fingerprint density at radius 3 is 2.01 bits per heavy atom. The van der Waals surface area contributed by atoms with Crippen LogP contribution in [0.2, 0.25) is 0 Å². The highest BCUT2D eigenvalue weighted by Gasteiger charge is 2.51. The van der Waals surface area contributed by atoms with Crippen molar-refractivity contribution in [2.45, 2.75) is 103 Å². The predicted octanol–water partition coefficient (Wildman–Crippen LogP) is 2.00. The third-order valence-electron chi connectivity index (χ3n) is 15.9. The third-order valence-corrected chi connectivity index (χ3v) is 15.9. The van der Waals surface area contributed by atoms with Gasteiger partial charge in [-0.2, -0.15) is 0 Å². The van der Waals surface area contributed by atoms with Crippen LogP contribution in [0.3, 0.4) is 0 Å². The van der Waals surface area contributed by atoms with Gasteiger partial charge in [-0.3, -0.25) is 43.3 Å². The van der Waals surface area contributed by atoms with Gasteiger partial charge in [0.25, 0.3) is 11.8 Å². The molecule has 1 aromatic heterocycles. The maximum atomic E-state index is 13.9. The summed E-state index contributed by atoms with van der Waals surface area (Å²) in [4.78, 5) is 129. The monoisotopic (exact) mass is 1310 g/mol. The molecule has 10 N–H and O–H groups in total. The van der Waals surface area contributed by atoms with Crippen molar-refractivity contribution in [1.29, 1.82) is 0 Å². The van der Waals surface area contributed by atoms with Crippen LogP contribution in [0.4, 0.5) is 21.9 Å².